The molecule has 4 nitrogen and oxygen atoms in total. The van der Waals surface area contributed by atoms with E-state index in [0.29, 0.717) is 22.5 Å². The summed E-state index contributed by atoms with van der Waals surface area (Å²) in [4.78, 5) is 0. The van der Waals surface area contributed by atoms with Crippen LogP contribution in [0.4, 0.5) is 11.5 Å². The molecule has 2 N–H and O–H groups in total. The summed E-state index contributed by atoms with van der Waals surface area (Å²) < 4.78 is 2.92. The molecule has 1 heterocycles. The van der Waals surface area contributed by atoms with Crippen molar-refractivity contribution < 1.29 is 0 Å². The molecule has 0 saturated carbocycles. The molecule has 0 atom stereocenters. The Morgan fingerprint density at radius 1 is 1.16 bits per heavy atom. The van der Waals surface area contributed by atoms with E-state index in [0.717, 1.165) is 15.7 Å². The fourth-order valence-corrected chi connectivity index (χ4v) is 2.96. The van der Waals surface area contributed by atoms with Gasteiger partial charge in [-0.25, -0.2) is 0 Å². The predicted molar refractivity (Wildman–Crippen MR) is 112 cm³/mol. The Kier molecular flexibility index (Phi) is 5.73. The second-order valence-electron chi connectivity index (χ2n) is 5.52. The number of rotatable bonds is 4. The molecule has 25 heavy (non-hydrogen) atoms. The van der Waals surface area contributed by atoms with Crippen molar-refractivity contribution >= 4 is 56.4 Å². The van der Waals surface area contributed by atoms with Gasteiger partial charge < -0.3 is 10.6 Å². The molecule has 0 saturated heterocycles. The molecule has 0 bridgehead atoms. The van der Waals surface area contributed by atoms with Gasteiger partial charge in [0, 0.05) is 27.4 Å². The van der Waals surface area contributed by atoms with Crippen LogP contribution in [0, 0.1) is 6.92 Å². The number of nitrogens with one attached hydrogen (secondary N) is 2. The Hall–Kier alpha value is -1.89. The number of thiocarbonyl (C=S) groups is 1. The van der Waals surface area contributed by atoms with Crippen molar-refractivity contribution in [3.05, 3.63) is 75.4 Å². The second-order valence-corrected chi connectivity index (χ2v) is 7.25. The third kappa shape index (κ3) is 4.81. The Balaban J connectivity index is 1.61. The maximum Gasteiger partial charge on any atom is 0.176 e. The zero-order valence-corrected chi connectivity index (χ0v) is 16.6. The summed E-state index contributed by atoms with van der Waals surface area (Å²) in [6.45, 7) is 2.64. The minimum Gasteiger partial charge on any atom is -0.332 e. The van der Waals surface area contributed by atoms with Crippen LogP contribution in [0.25, 0.3) is 0 Å². The third-order valence-corrected chi connectivity index (χ3v) is 4.80. The molecule has 0 spiro atoms. The standard InChI is InChI=1S/C18H16BrClN4S/c1-12-15(20)3-2-4-16(12)21-18(25)22-17-9-10-24(23-17)11-13-5-7-14(19)8-6-13/h2-10H,11H2,1H3,(H2,21,22,23,25). The highest BCUT2D eigenvalue weighted by Gasteiger charge is 2.06. The summed E-state index contributed by atoms with van der Waals surface area (Å²) in [6, 6.07) is 15.7. The largest absolute Gasteiger partial charge is 0.332 e. The minimum absolute atomic E-state index is 0.472. The van der Waals surface area contributed by atoms with Crippen LogP contribution in [-0.4, -0.2) is 14.9 Å². The van der Waals surface area contributed by atoms with Gasteiger partial charge >= 0.3 is 0 Å². The van der Waals surface area contributed by atoms with Crippen LogP contribution in [0.1, 0.15) is 11.1 Å². The lowest BCUT2D eigenvalue weighted by molar-refractivity contribution is 0.690. The maximum atomic E-state index is 6.13. The van der Waals surface area contributed by atoms with Crippen molar-refractivity contribution in [3.63, 3.8) is 0 Å². The maximum absolute atomic E-state index is 6.13. The van der Waals surface area contributed by atoms with Crippen molar-refractivity contribution in [2.24, 2.45) is 0 Å². The molecule has 0 fully saturated rings. The molecular formula is C18H16BrClN4S. The van der Waals surface area contributed by atoms with Crippen molar-refractivity contribution in [2.45, 2.75) is 13.5 Å². The Bertz CT molecular complexity index is 892. The molecule has 0 unspecified atom stereocenters. The summed E-state index contributed by atoms with van der Waals surface area (Å²) in [5.74, 6) is 0.689. The smallest absolute Gasteiger partial charge is 0.176 e. The van der Waals surface area contributed by atoms with E-state index in [2.05, 4.69) is 43.8 Å². The fraction of sp³-hybridized carbons (Fsp3) is 0.111. The monoisotopic (exact) mass is 434 g/mol. The third-order valence-electron chi connectivity index (χ3n) is 3.66. The molecule has 0 amide bonds. The van der Waals surface area contributed by atoms with E-state index in [-0.39, 0.29) is 0 Å². The van der Waals surface area contributed by atoms with Gasteiger partial charge in [0.05, 0.1) is 6.54 Å². The topological polar surface area (TPSA) is 41.9 Å². The molecule has 0 aliphatic rings. The van der Waals surface area contributed by atoms with E-state index >= 15 is 0 Å². The van der Waals surface area contributed by atoms with E-state index in [9.17, 15) is 0 Å². The van der Waals surface area contributed by atoms with E-state index in [4.69, 9.17) is 23.8 Å². The molecule has 2 aromatic carbocycles. The number of nitrogens with zero attached hydrogens (tertiary/aromatic N) is 2. The van der Waals surface area contributed by atoms with Crippen molar-refractivity contribution in [2.75, 3.05) is 10.6 Å². The van der Waals surface area contributed by atoms with Gasteiger partial charge in [-0.15, -0.1) is 0 Å². The molecule has 0 radical (unpaired) electrons. The van der Waals surface area contributed by atoms with Gasteiger partial charge in [-0.2, -0.15) is 5.10 Å². The van der Waals surface area contributed by atoms with Crippen molar-refractivity contribution in [1.29, 1.82) is 0 Å². The first kappa shape index (κ1) is 17.9. The number of hydrogen-bond acceptors (Lipinski definition) is 2. The summed E-state index contributed by atoms with van der Waals surface area (Å²) >= 11 is 14.9. The van der Waals surface area contributed by atoms with Crippen LogP contribution in [0.15, 0.2) is 59.2 Å². The van der Waals surface area contributed by atoms with Gasteiger partial charge in [0.25, 0.3) is 0 Å². The highest BCUT2D eigenvalue weighted by molar-refractivity contribution is 9.10. The number of halogens is 2. The molecule has 1 aromatic heterocycles. The molecule has 0 aliphatic heterocycles. The highest BCUT2D eigenvalue weighted by Crippen LogP contribution is 2.23. The van der Waals surface area contributed by atoms with Crippen LogP contribution in [0.5, 0.6) is 0 Å². The van der Waals surface area contributed by atoms with E-state index in [1.54, 1.807) is 0 Å². The Labute approximate surface area is 165 Å². The van der Waals surface area contributed by atoms with Crippen LogP contribution < -0.4 is 10.6 Å². The van der Waals surface area contributed by atoms with E-state index in [1.807, 2.05) is 54.2 Å². The average molecular weight is 436 g/mol. The first-order valence-corrected chi connectivity index (χ1v) is 9.20. The Morgan fingerprint density at radius 3 is 2.68 bits per heavy atom. The lowest BCUT2D eigenvalue weighted by Gasteiger charge is -2.11. The first-order chi connectivity index (χ1) is 12.0. The van der Waals surface area contributed by atoms with Crippen LogP contribution in [-0.2, 0) is 6.54 Å². The fourth-order valence-electron chi connectivity index (χ4n) is 2.31. The van der Waals surface area contributed by atoms with Gasteiger partial charge in [0.15, 0.2) is 10.9 Å². The normalized spacial score (nSPS) is 10.5. The number of hydrogen-bond donors (Lipinski definition) is 2. The molecule has 3 aromatic rings. The average Bonchev–Trinajstić information content (AvgIpc) is 3.01. The lowest BCUT2D eigenvalue weighted by Crippen LogP contribution is -2.20. The van der Waals surface area contributed by atoms with Crippen LogP contribution in [0.2, 0.25) is 5.02 Å². The van der Waals surface area contributed by atoms with Gasteiger partial charge in [-0.05, 0) is 54.5 Å². The van der Waals surface area contributed by atoms with Gasteiger partial charge in [0.1, 0.15) is 0 Å². The van der Waals surface area contributed by atoms with Crippen molar-refractivity contribution in [3.8, 4) is 0 Å². The zero-order valence-electron chi connectivity index (χ0n) is 13.5. The molecule has 128 valence electrons. The van der Waals surface area contributed by atoms with Gasteiger partial charge in [-0.3, -0.25) is 4.68 Å². The Morgan fingerprint density at radius 2 is 1.92 bits per heavy atom. The van der Waals surface area contributed by atoms with E-state index in [1.165, 1.54) is 5.56 Å². The quantitative estimate of drug-likeness (QED) is 0.534. The first-order valence-electron chi connectivity index (χ1n) is 7.62. The zero-order chi connectivity index (χ0) is 17.8. The summed E-state index contributed by atoms with van der Waals surface area (Å²) in [5, 5.41) is 11.9. The number of aromatic nitrogens is 2. The highest BCUT2D eigenvalue weighted by atomic mass is 79.9. The number of anilines is 2. The SMILES string of the molecule is Cc1c(Cl)cccc1NC(=S)Nc1ccn(Cc2ccc(Br)cc2)n1. The molecule has 3 rings (SSSR count). The predicted octanol–water partition coefficient (Wildman–Crippen LogP) is 5.46. The molecular weight excluding hydrogens is 420 g/mol. The minimum atomic E-state index is 0.472. The van der Waals surface area contributed by atoms with Gasteiger partial charge in [-0.1, -0.05) is 45.7 Å². The summed E-state index contributed by atoms with van der Waals surface area (Å²) in [6.07, 6.45) is 1.91. The summed E-state index contributed by atoms with van der Waals surface area (Å²) in [7, 11) is 0. The summed E-state index contributed by atoms with van der Waals surface area (Å²) in [5.41, 5.74) is 3.00. The van der Waals surface area contributed by atoms with Crippen LogP contribution >= 0.6 is 39.7 Å². The molecule has 0 aliphatic carbocycles. The van der Waals surface area contributed by atoms with Crippen molar-refractivity contribution in [1.82, 2.24) is 9.78 Å². The molecule has 7 heteroatoms. The lowest BCUT2D eigenvalue weighted by atomic mass is 10.2. The number of benzene rings is 2. The second kappa shape index (κ2) is 7.99. The van der Waals surface area contributed by atoms with Gasteiger partial charge in [0.2, 0.25) is 0 Å². The van der Waals surface area contributed by atoms with E-state index < -0.39 is 0 Å². The van der Waals surface area contributed by atoms with Crippen LogP contribution in [0.3, 0.4) is 0 Å².